The van der Waals surface area contributed by atoms with Gasteiger partial charge in [-0.25, -0.2) is 0 Å². The lowest BCUT2D eigenvalue weighted by Gasteiger charge is -2.25. The summed E-state index contributed by atoms with van der Waals surface area (Å²) in [5.41, 5.74) is 0.763. The molecule has 31 heavy (non-hydrogen) atoms. The number of fused-ring (bicyclic) bond motifs is 1. The van der Waals surface area contributed by atoms with Crippen LogP contribution in [0.5, 0.6) is 11.5 Å². The van der Waals surface area contributed by atoms with Gasteiger partial charge in [-0.15, -0.1) is 0 Å². The lowest BCUT2D eigenvalue weighted by Crippen LogP contribution is -2.49. The molecule has 1 aliphatic rings. The van der Waals surface area contributed by atoms with Crippen LogP contribution in [0.4, 0.5) is 5.69 Å². The Kier molecular flexibility index (Phi) is 6.79. The molecule has 2 N–H and O–H groups in total. The van der Waals surface area contributed by atoms with E-state index in [0.29, 0.717) is 30.4 Å². The first-order chi connectivity index (χ1) is 14.7. The van der Waals surface area contributed by atoms with E-state index >= 15 is 0 Å². The second-order valence-electron chi connectivity index (χ2n) is 8.26. The van der Waals surface area contributed by atoms with Gasteiger partial charge >= 0.3 is 11.8 Å². The summed E-state index contributed by atoms with van der Waals surface area (Å²) in [5, 5.41) is 5.40. The second-order valence-corrected chi connectivity index (χ2v) is 8.26. The van der Waals surface area contributed by atoms with Crippen molar-refractivity contribution >= 4 is 23.4 Å². The first kappa shape index (κ1) is 22.1. The molecule has 8 heteroatoms. The monoisotopic (exact) mass is 425 g/mol. The number of carbonyl (C=O) groups excluding carboxylic acids is 3. The Morgan fingerprint density at radius 3 is 2.32 bits per heavy atom. The zero-order valence-electron chi connectivity index (χ0n) is 17.9. The maximum atomic E-state index is 12.9. The molecule has 164 valence electrons. The Morgan fingerprint density at radius 2 is 1.65 bits per heavy atom. The Hall–Kier alpha value is -3.55. The van der Waals surface area contributed by atoms with Crippen molar-refractivity contribution in [3.8, 4) is 11.5 Å². The fourth-order valence-corrected chi connectivity index (χ4v) is 3.08. The number of hydrogen-bond acceptors (Lipinski definition) is 5. The van der Waals surface area contributed by atoms with E-state index in [-0.39, 0.29) is 19.0 Å². The Bertz CT molecular complexity index is 953. The molecule has 0 radical (unpaired) electrons. The molecule has 1 aliphatic heterocycles. The summed E-state index contributed by atoms with van der Waals surface area (Å²) in [6.07, 6.45) is 0. The van der Waals surface area contributed by atoms with Crippen molar-refractivity contribution < 1.29 is 23.9 Å². The smallest absolute Gasteiger partial charge is 0.313 e. The Labute approximate surface area is 181 Å². The summed E-state index contributed by atoms with van der Waals surface area (Å²) in [7, 11) is 0. The van der Waals surface area contributed by atoms with E-state index in [9.17, 15) is 14.4 Å². The average molecular weight is 425 g/mol. The van der Waals surface area contributed by atoms with Crippen LogP contribution in [0.2, 0.25) is 0 Å². The lowest BCUT2D eigenvalue weighted by molar-refractivity contribution is -0.145. The van der Waals surface area contributed by atoms with Crippen molar-refractivity contribution in [2.24, 2.45) is 0 Å². The van der Waals surface area contributed by atoms with Crippen LogP contribution < -0.4 is 20.1 Å². The predicted molar refractivity (Wildman–Crippen MR) is 116 cm³/mol. The third-order valence-corrected chi connectivity index (χ3v) is 4.35. The van der Waals surface area contributed by atoms with Crippen LogP contribution in [-0.2, 0) is 20.9 Å². The van der Waals surface area contributed by atoms with Gasteiger partial charge in [-0.05, 0) is 38.5 Å². The minimum absolute atomic E-state index is 0.131. The van der Waals surface area contributed by atoms with Gasteiger partial charge in [0.1, 0.15) is 19.8 Å². The third kappa shape index (κ3) is 6.47. The molecule has 2 aromatic carbocycles. The second kappa shape index (κ2) is 9.51. The number of rotatable bonds is 5. The molecule has 3 amide bonds. The van der Waals surface area contributed by atoms with Crippen LogP contribution in [0.3, 0.4) is 0 Å². The van der Waals surface area contributed by atoms with E-state index in [1.807, 2.05) is 51.1 Å². The Balaban J connectivity index is 1.73. The summed E-state index contributed by atoms with van der Waals surface area (Å²) in [5.74, 6) is -0.898. The standard InChI is InChI=1S/C23H27N3O5/c1-23(2,3)25-20(27)15-26(14-16-7-5-4-6-8-16)22(29)21(28)24-17-9-10-18-19(13-17)31-12-11-30-18/h4-10,13H,11-12,14-15H2,1-3H3,(H,24,28)(H,25,27). The number of nitrogens with one attached hydrogen (secondary N) is 2. The molecule has 0 spiro atoms. The highest BCUT2D eigenvalue weighted by Crippen LogP contribution is 2.32. The predicted octanol–water partition coefficient (Wildman–Crippen LogP) is 2.34. The van der Waals surface area contributed by atoms with Crippen molar-refractivity contribution in [1.29, 1.82) is 0 Å². The number of nitrogens with zero attached hydrogens (tertiary/aromatic N) is 1. The molecule has 0 atom stereocenters. The molecule has 0 aromatic heterocycles. The SMILES string of the molecule is CC(C)(C)NC(=O)CN(Cc1ccccc1)C(=O)C(=O)Nc1ccc2c(c1)OCCO2. The number of hydrogen-bond donors (Lipinski definition) is 2. The van der Waals surface area contributed by atoms with E-state index < -0.39 is 17.4 Å². The molecule has 0 saturated carbocycles. The van der Waals surface area contributed by atoms with Gasteiger partial charge in [0.05, 0.1) is 0 Å². The largest absolute Gasteiger partial charge is 0.486 e. The number of ether oxygens (including phenoxy) is 2. The van der Waals surface area contributed by atoms with Crippen molar-refractivity contribution in [1.82, 2.24) is 10.2 Å². The first-order valence-corrected chi connectivity index (χ1v) is 10.1. The van der Waals surface area contributed by atoms with E-state index in [1.165, 1.54) is 4.90 Å². The first-order valence-electron chi connectivity index (χ1n) is 10.1. The van der Waals surface area contributed by atoms with Crippen molar-refractivity contribution in [2.75, 3.05) is 25.1 Å². The van der Waals surface area contributed by atoms with E-state index in [0.717, 1.165) is 5.56 Å². The van der Waals surface area contributed by atoms with Gasteiger partial charge in [0.15, 0.2) is 11.5 Å². The van der Waals surface area contributed by atoms with Crippen LogP contribution in [0.1, 0.15) is 26.3 Å². The highest BCUT2D eigenvalue weighted by atomic mass is 16.6. The van der Waals surface area contributed by atoms with Gasteiger partial charge in [-0.3, -0.25) is 14.4 Å². The number of anilines is 1. The summed E-state index contributed by atoms with van der Waals surface area (Å²) in [4.78, 5) is 39.3. The molecule has 0 aliphatic carbocycles. The molecule has 0 unspecified atom stereocenters. The summed E-state index contributed by atoms with van der Waals surface area (Å²) in [6.45, 7) is 6.32. The van der Waals surface area contributed by atoms with E-state index in [2.05, 4.69) is 10.6 Å². The minimum Gasteiger partial charge on any atom is -0.486 e. The van der Waals surface area contributed by atoms with Gasteiger partial charge in [-0.2, -0.15) is 0 Å². The van der Waals surface area contributed by atoms with Gasteiger partial charge in [0.2, 0.25) is 5.91 Å². The average Bonchev–Trinajstić information content (AvgIpc) is 2.72. The summed E-state index contributed by atoms with van der Waals surface area (Å²) in [6, 6.07) is 14.1. The van der Waals surface area contributed by atoms with Crippen LogP contribution in [0.25, 0.3) is 0 Å². The van der Waals surface area contributed by atoms with Crippen LogP contribution >= 0.6 is 0 Å². The zero-order chi connectivity index (χ0) is 22.4. The fraction of sp³-hybridized carbons (Fsp3) is 0.348. The zero-order valence-corrected chi connectivity index (χ0v) is 17.9. The highest BCUT2D eigenvalue weighted by Gasteiger charge is 2.26. The molecule has 2 aromatic rings. The molecule has 8 nitrogen and oxygen atoms in total. The number of amides is 3. The molecular formula is C23H27N3O5. The molecule has 0 saturated heterocycles. The third-order valence-electron chi connectivity index (χ3n) is 4.35. The summed E-state index contributed by atoms with van der Waals surface area (Å²) >= 11 is 0. The topological polar surface area (TPSA) is 97.0 Å². The molecule has 0 fully saturated rings. The fourth-order valence-electron chi connectivity index (χ4n) is 3.08. The maximum absolute atomic E-state index is 12.9. The number of carbonyl (C=O) groups is 3. The van der Waals surface area contributed by atoms with Gasteiger partial charge in [-0.1, -0.05) is 30.3 Å². The molecule has 3 rings (SSSR count). The van der Waals surface area contributed by atoms with E-state index in [1.54, 1.807) is 18.2 Å². The number of benzene rings is 2. The Morgan fingerprint density at radius 1 is 0.968 bits per heavy atom. The molecule has 1 heterocycles. The lowest BCUT2D eigenvalue weighted by atomic mass is 10.1. The van der Waals surface area contributed by atoms with Crippen molar-refractivity contribution in [3.63, 3.8) is 0 Å². The van der Waals surface area contributed by atoms with Crippen LogP contribution in [0.15, 0.2) is 48.5 Å². The quantitative estimate of drug-likeness (QED) is 0.717. The van der Waals surface area contributed by atoms with Gasteiger partial charge in [0.25, 0.3) is 0 Å². The van der Waals surface area contributed by atoms with Crippen molar-refractivity contribution in [3.05, 3.63) is 54.1 Å². The maximum Gasteiger partial charge on any atom is 0.313 e. The van der Waals surface area contributed by atoms with Crippen molar-refractivity contribution in [2.45, 2.75) is 32.9 Å². The normalized spacial score (nSPS) is 12.6. The summed E-state index contributed by atoms with van der Waals surface area (Å²) < 4.78 is 11.0. The van der Waals surface area contributed by atoms with Crippen LogP contribution in [-0.4, -0.2) is 47.9 Å². The van der Waals surface area contributed by atoms with Gasteiger partial charge in [0, 0.05) is 23.8 Å². The van der Waals surface area contributed by atoms with Crippen LogP contribution in [0, 0.1) is 0 Å². The minimum atomic E-state index is -0.837. The molecular weight excluding hydrogens is 398 g/mol. The highest BCUT2D eigenvalue weighted by molar-refractivity contribution is 6.39. The van der Waals surface area contributed by atoms with Gasteiger partial charge < -0.3 is 25.0 Å². The van der Waals surface area contributed by atoms with E-state index in [4.69, 9.17) is 9.47 Å². The molecule has 0 bridgehead atoms.